The summed E-state index contributed by atoms with van der Waals surface area (Å²) in [4.78, 5) is 8.35. The van der Waals surface area contributed by atoms with Gasteiger partial charge in [-0.1, -0.05) is 11.8 Å². The van der Waals surface area contributed by atoms with Gasteiger partial charge in [-0.15, -0.1) is 11.3 Å². The van der Waals surface area contributed by atoms with Crippen LogP contribution in [0.4, 0.5) is 0 Å². The lowest BCUT2D eigenvalue weighted by Gasteiger charge is -1.79. The Balaban J connectivity index is 2.69. The number of hydrogen-bond acceptors (Lipinski definition) is 4. The maximum absolute atomic E-state index is 4.24. The quantitative estimate of drug-likeness (QED) is 0.632. The van der Waals surface area contributed by atoms with Gasteiger partial charge in [-0.25, -0.2) is 9.97 Å². The van der Waals surface area contributed by atoms with Crippen molar-refractivity contribution in [1.82, 2.24) is 9.97 Å². The number of hydrogen-bond donors (Lipinski definition) is 0. The highest BCUT2D eigenvalue weighted by Gasteiger charge is 2.00. The predicted molar refractivity (Wildman–Crippen MR) is 48.6 cm³/mol. The lowest BCUT2D eigenvalue weighted by Crippen LogP contribution is -1.71. The van der Waals surface area contributed by atoms with E-state index in [1.54, 1.807) is 17.5 Å². The molecule has 0 bridgehead atoms. The second-order valence-corrected chi connectivity index (χ2v) is 3.91. The van der Waals surface area contributed by atoms with Crippen molar-refractivity contribution in [3.8, 4) is 0 Å². The number of nitrogens with zero attached hydrogens (tertiary/aromatic N) is 2. The minimum absolute atomic E-state index is 0.823. The van der Waals surface area contributed by atoms with E-state index < -0.39 is 0 Å². The molecule has 0 fully saturated rings. The lowest BCUT2D eigenvalue weighted by atomic mass is 10.5. The first-order chi connectivity index (χ1) is 5.40. The Labute approximate surface area is 72.7 Å². The molecule has 0 aliphatic rings. The minimum atomic E-state index is 0.823. The Kier molecular flexibility index (Phi) is 1.79. The molecule has 55 valence electrons. The molecule has 0 amide bonds. The van der Waals surface area contributed by atoms with Gasteiger partial charge in [-0.2, -0.15) is 0 Å². The number of rotatable bonds is 1. The van der Waals surface area contributed by atoms with Crippen molar-refractivity contribution < 1.29 is 0 Å². The number of aromatic nitrogens is 2. The summed E-state index contributed by atoms with van der Waals surface area (Å²) in [6.45, 7) is 0. The molecule has 0 saturated carbocycles. The van der Waals surface area contributed by atoms with E-state index in [2.05, 4.69) is 16.2 Å². The van der Waals surface area contributed by atoms with Gasteiger partial charge in [0.15, 0.2) is 9.99 Å². The fourth-order valence-corrected chi connectivity index (χ4v) is 2.12. The first-order valence-electron chi connectivity index (χ1n) is 3.04. The van der Waals surface area contributed by atoms with Crippen molar-refractivity contribution >= 4 is 33.4 Å². The fourth-order valence-electron chi connectivity index (χ4n) is 0.811. The second-order valence-electron chi connectivity index (χ2n) is 1.95. The van der Waals surface area contributed by atoms with Crippen LogP contribution in [-0.2, 0) is 0 Å². The minimum Gasteiger partial charge on any atom is -0.236 e. The molecule has 0 aliphatic heterocycles. The molecular formula is C7H5N2S2. The highest BCUT2D eigenvalue weighted by molar-refractivity contribution is 8.02. The summed E-state index contributed by atoms with van der Waals surface area (Å²) in [5.74, 6) is 0. The van der Waals surface area contributed by atoms with Gasteiger partial charge in [0.1, 0.15) is 0 Å². The van der Waals surface area contributed by atoms with E-state index in [9.17, 15) is 0 Å². The van der Waals surface area contributed by atoms with Crippen LogP contribution in [0.5, 0.6) is 0 Å². The topological polar surface area (TPSA) is 25.8 Å². The van der Waals surface area contributed by atoms with Gasteiger partial charge in [0.2, 0.25) is 0 Å². The normalized spacial score (nSPS) is 10.6. The molecule has 11 heavy (non-hydrogen) atoms. The van der Waals surface area contributed by atoms with Crippen LogP contribution in [0, 0.1) is 6.26 Å². The van der Waals surface area contributed by atoms with E-state index in [1.807, 2.05) is 12.1 Å². The monoisotopic (exact) mass is 181 g/mol. The van der Waals surface area contributed by atoms with Crippen LogP contribution >= 0.6 is 23.1 Å². The molecule has 0 unspecified atom stereocenters. The molecule has 1 radical (unpaired) electrons. The van der Waals surface area contributed by atoms with Gasteiger partial charge in [0.25, 0.3) is 0 Å². The third-order valence-corrected chi connectivity index (χ3v) is 3.02. The smallest absolute Gasteiger partial charge is 0.171 e. The van der Waals surface area contributed by atoms with E-state index in [0.717, 1.165) is 14.7 Å². The zero-order valence-electron chi connectivity index (χ0n) is 5.65. The van der Waals surface area contributed by atoms with Crippen molar-refractivity contribution in [2.75, 3.05) is 0 Å². The molecule has 0 spiro atoms. The fraction of sp³-hybridized carbons (Fsp3) is 0. The molecule has 2 rings (SSSR count). The largest absolute Gasteiger partial charge is 0.236 e. The van der Waals surface area contributed by atoms with Crippen molar-refractivity contribution in [3.05, 3.63) is 24.6 Å². The Morgan fingerprint density at radius 3 is 3.18 bits per heavy atom. The Bertz CT molecular complexity index is 336. The number of pyridine rings is 1. The molecule has 2 aromatic heterocycles. The average Bonchev–Trinajstić information content (AvgIpc) is 2.46. The highest BCUT2D eigenvalue weighted by Crippen LogP contribution is 2.26. The van der Waals surface area contributed by atoms with E-state index in [1.165, 1.54) is 11.8 Å². The SMILES string of the molecule is [CH2]Sc1nc2ncccc2s1. The summed E-state index contributed by atoms with van der Waals surface area (Å²) in [7, 11) is 0. The zero-order chi connectivity index (χ0) is 7.68. The number of thioether (sulfide) groups is 1. The van der Waals surface area contributed by atoms with Crippen LogP contribution < -0.4 is 0 Å². The predicted octanol–water partition coefficient (Wildman–Crippen LogP) is 2.57. The maximum Gasteiger partial charge on any atom is 0.171 e. The average molecular weight is 181 g/mol. The van der Waals surface area contributed by atoms with Crippen LogP contribution in [-0.4, -0.2) is 9.97 Å². The molecule has 4 heteroatoms. The molecule has 2 aromatic rings. The van der Waals surface area contributed by atoms with Gasteiger partial charge in [-0.3, -0.25) is 0 Å². The van der Waals surface area contributed by atoms with Gasteiger partial charge >= 0.3 is 0 Å². The molecule has 0 aromatic carbocycles. The van der Waals surface area contributed by atoms with E-state index in [4.69, 9.17) is 0 Å². The standard InChI is InChI=1S/C7H5N2S2/c1-10-7-9-6-5(11-7)3-2-4-8-6/h2-4H,1H2. The Morgan fingerprint density at radius 2 is 2.45 bits per heavy atom. The van der Waals surface area contributed by atoms with Crippen LogP contribution in [0.25, 0.3) is 10.3 Å². The molecule has 0 aliphatic carbocycles. The molecule has 2 nitrogen and oxygen atoms in total. The summed E-state index contributed by atoms with van der Waals surface area (Å²) in [6, 6.07) is 3.93. The van der Waals surface area contributed by atoms with Gasteiger partial charge in [-0.05, 0) is 12.1 Å². The van der Waals surface area contributed by atoms with Crippen LogP contribution in [0.15, 0.2) is 22.7 Å². The molecule has 2 heterocycles. The first kappa shape index (κ1) is 7.06. The number of thiazole rings is 1. The third kappa shape index (κ3) is 1.23. The van der Waals surface area contributed by atoms with Crippen LogP contribution in [0.3, 0.4) is 0 Å². The van der Waals surface area contributed by atoms with Crippen molar-refractivity contribution in [2.24, 2.45) is 0 Å². The summed E-state index contributed by atoms with van der Waals surface area (Å²) in [5, 5.41) is 0. The maximum atomic E-state index is 4.24. The highest BCUT2D eigenvalue weighted by atomic mass is 32.2. The molecule has 0 N–H and O–H groups in total. The lowest BCUT2D eigenvalue weighted by molar-refractivity contribution is 1.24. The summed E-state index contributed by atoms with van der Waals surface area (Å²) in [5.41, 5.74) is 0.823. The third-order valence-electron chi connectivity index (χ3n) is 1.27. The van der Waals surface area contributed by atoms with Crippen LogP contribution in [0.2, 0.25) is 0 Å². The number of fused-ring (bicyclic) bond motifs is 1. The molecule has 0 atom stereocenters. The van der Waals surface area contributed by atoms with Gasteiger partial charge in [0, 0.05) is 12.5 Å². The van der Waals surface area contributed by atoms with E-state index in [0.29, 0.717) is 0 Å². The summed E-state index contributed by atoms with van der Waals surface area (Å²) < 4.78 is 2.09. The van der Waals surface area contributed by atoms with E-state index >= 15 is 0 Å². The van der Waals surface area contributed by atoms with Crippen molar-refractivity contribution in [2.45, 2.75) is 4.34 Å². The van der Waals surface area contributed by atoms with Gasteiger partial charge in [0.05, 0.1) is 4.70 Å². The Hall–Kier alpha value is -0.610. The molecular weight excluding hydrogens is 176 g/mol. The Morgan fingerprint density at radius 1 is 1.55 bits per heavy atom. The second kappa shape index (κ2) is 2.79. The van der Waals surface area contributed by atoms with Crippen molar-refractivity contribution in [3.63, 3.8) is 0 Å². The van der Waals surface area contributed by atoms with E-state index in [-0.39, 0.29) is 0 Å². The van der Waals surface area contributed by atoms with Crippen molar-refractivity contribution in [1.29, 1.82) is 0 Å². The summed E-state index contributed by atoms with van der Waals surface area (Å²) >= 11 is 3.04. The summed E-state index contributed by atoms with van der Waals surface area (Å²) in [6.07, 6.45) is 5.44. The van der Waals surface area contributed by atoms with Crippen LogP contribution in [0.1, 0.15) is 0 Å². The molecule has 0 saturated heterocycles. The zero-order valence-corrected chi connectivity index (χ0v) is 7.28. The first-order valence-corrected chi connectivity index (χ1v) is 4.84. The van der Waals surface area contributed by atoms with Gasteiger partial charge < -0.3 is 0 Å².